The fourth-order valence-electron chi connectivity index (χ4n) is 4.38. The fraction of sp³-hybridized carbons (Fsp3) is 0. The number of halogens is 1. The fourth-order valence-corrected chi connectivity index (χ4v) is 4.38. The van der Waals surface area contributed by atoms with E-state index in [0.717, 1.165) is 11.4 Å². The second kappa shape index (κ2) is 10.7. The molecule has 8 nitrogen and oxygen atoms in total. The van der Waals surface area contributed by atoms with Crippen molar-refractivity contribution in [1.82, 2.24) is 9.78 Å². The van der Waals surface area contributed by atoms with Gasteiger partial charge in [-0.25, -0.2) is 23.7 Å². The maximum atomic E-state index is 14.0. The molecule has 0 aliphatic rings. The van der Waals surface area contributed by atoms with Crippen molar-refractivity contribution >= 4 is 34.5 Å². The van der Waals surface area contributed by atoms with Gasteiger partial charge in [0.15, 0.2) is 0 Å². The van der Waals surface area contributed by atoms with Gasteiger partial charge < -0.3 is 9.52 Å². The number of rotatable bonds is 7. The van der Waals surface area contributed by atoms with Crippen molar-refractivity contribution in [3.8, 4) is 16.9 Å². The van der Waals surface area contributed by atoms with Crippen LogP contribution in [0.5, 0.6) is 0 Å². The first-order valence-electron chi connectivity index (χ1n) is 12.6. The van der Waals surface area contributed by atoms with Gasteiger partial charge in [0.25, 0.3) is 0 Å². The maximum absolute atomic E-state index is 14.0. The number of carbonyl (C=O) groups is 1. The number of para-hydroxylation sites is 2. The van der Waals surface area contributed by atoms with E-state index in [1.165, 1.54) is 41.1 Å². The van der Waals surface area contributed by atoms with Crippen LogP contribution in [0.1, 0.15) is 15.9 Å². The van der Waals surface area contributed by atoms with Crippen LogP contribution in [0.4, 0.5) is 15.8 Å². The molecule has 200 valence electrons. The van der Waals surface area contributed by atoms with E-state index in [0.29, 0.717) is 16.6 Å². The Morgan fingerprint density at radius 2 is 1.56 bits per heavy atom. The van der Waals surface area contributed by atoms with Crippen LogP contribution in [0.2, 0.25) is 0 Å². The number of aromatic carboxylic acids is 1. The second-order valence-electron chi connectivity index (χ2n) is 9.09. The molecule has 41 heavy (non-hydrogen) atoms. The van der Waals surface area contributed by atoms with Crippen LogP contribution in [-0.2, 0) is 0 Å². The largest absolute Gasteiger partial charge is 0.478 e. The molecular weight excluding hydrogens is 523 g/mol. The molecule has 0 saturated carbocycles. The van der Waals surface area contributed by atoms with E-state index in [9.17, 15) is 19.1 Å². The zero-order valence-electron chi connectivity index (χ0n) is 21.4. The summed E-state index contributed by atoms with van der Waals surface area (Å²) in [5, 5.41) is 20.8. The molecular formula is C32H21FN4O4. The van der Waals surface area contributed by atoms with Crippen LogP contribution in [-0.4, -0.2) is 27.1 Å². The Morgan fingerprint density at radius 1 is 0.902 bits per heavy atom. The summed E-state index contributed by atoms with van der Waals surface area (Å²) >= 11 is 0. The maximum Gasteiger partial charge on any atom is 0.345 e. The van der Waals surface area contributed by atoms with Crippen LogP contribution in [0.25, 0.3) is 27.9 Å². The molecule has 0 saturated heterocycles. The molecule has 4 aromatic carbocycles. The number of anilines is 2. The van der Waals surface area contributed by atoms with Crippen LogP contribution in [0.15, 0.2) is 130 Å². The molecule has 0 radical (unpaired) electrons. The Kier molecular flexibility index (Phi) is 6.67. The molecule has 0 fully saturated rings. The van der Waals surface area contributed by atoms with Crippen LogP contribution >= 0.6 is 0 Å². The van der Waals surface area contributed by atoms with Gasteiger partial charge in [-0.2, -0.15) is 10.2 Å². The number of nitrogens with zero attached hydrogens (tertiary/aromatic N) is 4. The van der Waals surface area contributed by atoms with Crippen LogP contribution in [0.3, 0.4) is 0 Å². The topological polar surface area (TPSA) is 101 Å². The lowest BCUT2D eigenvalue weighted by Crippen LogP contribution is -2.09. The third-order valence-electron chi connectivity index (χ3n) is 6.38. The van der Waals surface area contributed by atoms with E-state index in [4.69, 9.17) is 9.52 Å². The quantitative estimate of drug-likeness (QED) is 0.137. The second-order valence-corrected chi connectivity index (χ2v) is 9.09. The average Bonchev–Trinajstić information content (AvgIpc) is 3.42. The minimum atomic E-state index is -1.05. The molecule has 6 rings (SSSR count). The summed E-state index contributed by atoms with van der Waals surface area (Å²) in [6, 6.07) is 30.7. The number of aromatic nitrogens is 2. The monoisotopic (exact) mass is 544 g/mol. The number of fused-ring (bicyclic) bond motifs is 1. The summed E-state index contributed by atoms with van der Waals surface area (Å²) in [7, 11) is 0. The first kappa shape index (κ1) is 25.4. The van der Waals surface area contributed by atoms with Gasteiger partial charge in [-0.05, 0) is 72.8 Å². The summed E-state index contributed by atoms with van der Waals surface area (Å²) in [5.41, 5.74) is 2.78. The number of carboxylic acids is 1. The van der Waals surface area contributed by atoms with E-state index in [1.807, 2.05) is 60.7 Å². The SMILES string of the molecule is O=C(O)c1ccc(-n2cc(/C=N\N(c3ccccc3)c3ccccc3)c(-c3cc4cc(F)ccc4oc3=O)n2)cc1. The molecule has 0 aliphatic carbocycles. The normalized spacial score (nSPS) is 11.2. The van der Waals surface area contributed by atoms with Crippen molar-refractivity contribution in [2.24, 2.45) is 5.10 Å². The van der Waals surface area contributed by atoms with Gasteiger partial charge >= 0.3 is 11.6 Å². The first-order valence-corrected chi connectivity index (χ1v) is 12.6. The number of hydrogen-bond donors (Lipinski definition) is 1. The van der Waals surface area contributed by atoms with E-state index in [2.05, 4.69) is 5.10 Å². The molecule has 0 bridgehead atoms. The lowest BCUT2D eigenvalue weighted by Gasteiger charge is -2.19. The summed E-state index contributed by atoms with van der Waals surface area (Å²) in [5.74, 6) is -1.52. The first-order chi connectivity index (χ1) is 20.0. The van der Waals surface area contributed by atoms with Gasteiger partial charge in [-0.15, -0.1) is 0 Å². The number of benzene rings is 4. The number of carboxylic acid groups (broad SMARTS) is 1. The smallest absolute Gasteiger partial charge is 0.345 e. The highest BCUT2D eigenvalue weighted by molar-refractivity contribution is 5.92. The summed E-state index contributed by atoms with van der Waals surface area (Å²) in [6.07, 6.45) is 3.26. The lowest BCUT2D eigenvalue weighted by atomic mass is 10.1. The van der Waals surface area contributed by atoms with E-state index >= 15 is 0 Å². The zero-order valence-corrected chi connectivity index (χ0v) is 21.4. The molecule has 2 aromatic heterocycles. The Labute approximate surface area is 232 Å². The predicted octanol–water partition coefficient (Wildman–Crippen LogP) is 6.66. The van der Waals surface area contributed by atoms with Crippen LogP contribution in [0, 0.1) is 5.82 Å². The predicted molar refractivity (Wildman–Crippen MR) is 155 cm³/mol. The number of hydrazone groups is 1. The summed E-state index contributed by atoms with van der Waals surface area (Å²) in [6.45, 7) is 0. The van der Waals surface area contributed by atoms with Gasteiger partial charge in [-0.1, -0.05) is 36.4 Å². The van der Waals surface area contributed by atoms with E-state index < -0.39 is 17.4 Å². The van der Waals surface area contributed by atoms with Crippen molar-refractivity contribution < 1.29 is 18.7 Å². The van der Waals surface area contributed by atoms with Crippen molar-refractivity contribution in [2.75, 3.05) is 5.01 Å². The average molecular weight is 545 g/mol. The van der Waals surface area contributed by atoms with Gasteiger partial charge in [0, 0.05) is 17.1 Å². The Bertz CT molecular complexity index is 1910. The third kappa shape index (κ3) is 5.24. The van der Waals surface area contributed by atoms with Crippen molar-refractivity contribution in [2.45, 2.75) is 0 Å². The lowest BCUT2D eigenvalue weighted by molar-refractivity contribution is 0.0697. The van der Waals surface area contributed by atoms with Crippen molar-refractivity contribution in [3.63, 3.8) is 0 Å². The zero-order chi connectivity index (χ0) is 28.3. The van der Waals surface area contributed by atoms with Crippen molar-refractivity contribution in [3.05, 3.63) is 143 Å². The standard InChI is InChI=1S/C32H21FN4O4/c33-24-13-16-29-22(17-24)18-28(32(40)41-29)30-23(20-36(35-30)25-14-11-21(12-15-25)31(38)39)19-34-37(26-7-3-1-4-8-26)27-9-5-2-6-10-27/h1-20H,(H,38,39)/b34-19-. The Morgan fingerprint density at radius 3 is 2.20 bits per heavy atom. The van der Waals surface area contributed by atoms with E-state index in [1.54, 1.807) is 29.6 Å². The summed E-state index contributed by atoms with van der Waals surface area (Å²) in [4.78, 5) is 24.4. The highest BCUT2D eigenvalue weighted by Gasteiger charge is 2.18. The Balaban J connectivity index is 1.51. The molecule has 2 heterocycles. The van der Waals surface area contributed by atoms with Gasteiger partial charge in [-0.3, -0.25) is 0 Å². The molecule has 1 N–H and O–H groups in total. The molecule has 0 amide bonds. The molecule has 6 aromatic rings. The molecule has 0 unspecified atom stereocenters. The van der Waals surface area contributed by atoms with Crippen molar-refractivity contribution in [1.29, 1.82) is 0 Å². The minimum absolute atomic E-state index is 0.122. The Hall–Kier alpha value is -5.83. The van der Waals surface area contributed by atoms with Gasteiger partial charge in [0.2, 0.25) is 0 Å². The van der Waals surface area contributed by atoms with E-state index in [-0.39, 0.29) is 22.4 Å². The van der Waals surface area contributed by atoms with Gasteiger partial charge in [0.1, 0.15) is 17.1 Å². The molecule has 0 spiro atoms. The highest BCUT2D eigenvalue weighted by Crippen LogP contribution is 2.27. The summed E-state index contributed by atoms with van der Waals surface area (Å²) < 4.78 is 21.0. The van der Waals surface area contributed by atoms with Gasteiger partial charge in [0.05, 0.1) is 34.4 Å². The molecule has 9 heteroatoms. The molecule has 0 aliphatic heterocycles. The number of hydrogen-bond acceptors (Lipinski definition) is 6. The highest BCUT2D eigenvalue weighted by atomic mass is 19.1. The third-order valence-corrected chi connectivity index (χ3v) is 6.38. The van der Waals surface area contributed by atoms with Crippen LogP contribution < -0.4 is 10.6 Å². The minimum Gasteiger partial charge on any atom is -0.478 e. The molecule has 0 atom stereocenters.